The Morgan fingerprint density at radius 2 is 1.06 bits per heavy atom. The number of nitrogens with zero attached hydrogens (tertiary/aromatic N) is 4. The molecule has 7 atom stereocenters. The average molecular weight is 1090 g/mol. The van der Waals surface area contributed by atoms with Crippen molar-refractivity contribution in [3.05, 3.63) is 131 Å². The highest BCUT2D eigenvalue weighted by Gasteiger charge is 2.45. The van der Waals surface area contributed by atoms with E-state index in [2.05, 4.69) is 36.5 Å². The van der Waals surface area contributed by atoms with Crippen LogP contribution in [0.25, 0.3) is 11.1 Å². The molecular weight excluding hydrogens is 999 g/mol. The summed E-state index contributed by atoms with van der Waals surface area (Å²) in [5.41, 5.74) is 5.13. The number of methoxy groups -OCH3 is 1. The van der Waals surface area contributed by atoms with Crippen LogP contribution in [0.15, 0.2) is 109 Å². The molecule has 5 amide bonds. The molecule has 0 bridgehead atoms. The van der Waals surface area contributed by atoms with Gasteiger partial charge in [0.15, 0.2) is 0 Å². The van der Waals surface area contributed by atoms with Crippen molar-refractivity contribution in [1.82, 2.24) is 24.9 Å². The van der Waals surface area contributed by atoms with Gasteiger partial charge in [-0.05, 0) is 122 Å². The Balaban J connectivity index is 0.997. The fourth-order valence-electron chi connectivity index (χ4n) is 13.1. The van der Waals surface area contributed by atoms with Gasteiger partial charge in [0.25, 0.3) is 11.8 Å². The summed E-state index contributed by atoms with van der Waals surface area (Å²) in [4.78, 5) is 93.7. The highest BCUT2D eigenvalue weighted by molar-refractivity contribution is 5.96. The maximum absolute atomic E-state index is 14.9. The average Bonchev–Trinajstić information content (AvgIpc) is 4.09. The third-order valence-corrected chi connectivity index (χ3v) is 18.6. The first kappa shape index (κ1) is 60.0. The molecule has 12 heteroatoms. The van der Waals surface area contributed by atoms with Gasteiger partial charge in [-0.25, -0.2) is 0 Å². The number of benzene rings is 4. The van der Waals surface area contributed by atoms with Crippen LogP contribution in [-0.4, -0.2) is 126 Å². The highest BCUT2D eigenvalue weighted by atomic mass is 16.5. The molecule has 2 aliphatic heterocycles. The normalized spacial score (nSPS) is 21.0. The van der Waals surface area contributed by atoms with Crippen LogP contribution >= 0.6 is 0 Å². The molecule has 0 spiro atoms. The van der Waals surface area contributed by atoms with Crippen molar-refractivity contribution >= 4 is 35.3 Å². The fraction of sp³-hybridized carbons (Fsp3) is 0.559. The SMILES string of the molecule is CC[C@@H](C)C(=O)N[C@H](C(=O)N1CC[C@H](OC)[C@H]1CN(CCc1ccccc1)C(=O)c1ccc(-c2ccc(C(=O)N(CCc3ccccc3)C[C@@H]3[C@@H](C)CCN3C(=O)[C@@H](CC(=O)C(C)C)C3CCCCC3)cc2)cc1)C1CCCCC1. The second-order valence-corrected chi connectivity index (χ2v) is 24.2. The van der Waals surface area contributed by atoms with E-state index < -0.39 is 12.1 Å². The van der Waals surface area contributed by atoms with Gasteiger partial charge in [0.05, 0.1) is 18.2 Å². The van der Waals surface area contributed by atoms with Crippen molar-refractivity contribution < 1.29 is 33.5 Å². The minimum atomic E-state index is -0.622. The minimum Gasteiger partial charge on any atom is -0.379 e. The molecule has 4 aliphatic rings. The number of hydrogen-bond donors (Lipinski definition) is 1. The molecule has 0 radical (unpaired) electrons. The molecular formula is C68H91N5O7. The zero-order valence-corrected chi connectivity index (χ0v) is 48.9. The summed E-state index contributed by atoms with van der Waals surface area (Å²) in [7, 11) is 1.68. The van der Waals surface area contributed by atoms with E-state index in [1.165, 1.54) is 6.42 Å². The van der Waals surface area contributed by atoms with Crippen LogP contribution < -0.4 is 5.32 Å². The van der Waals surface area contributed by atoms with Crippen LogP contribution in [0.1, 0.15) is 156 Å². The van der Waals surface area contributed by atoms with E-state index in [9.17, 15) is 28.8 Å². The molecule has 0 aromatic heterocycles. The Morgan fingerprint density at radius 1 is 0.588 bits per heavy atom. The first-order valence-electron chi connectivity index (χ1n) is 30.6. The quantitative estimate of drug-likeness (QED) is 0.0738. The van der Waals surface area contributed by atoms with Crippen molar-refractivity contribution in [3.63, 3.8) is 0 Å². The summed E-state index contributed by atoms with van der Waals surface area (Å²) >= 11 is 0. The minimum absolute atomic E-state index is 0.0610. The van der Waals surface area contributed by atoms with E-state index in [0.29, 0.717) is 69.5 Å². The number of carbonyl (C=O) groups is 6. The summed E-state index contributed by atoms with van der Waals surface area (Å²) in [6.45, 7) is 12.7. The zero-order valence-electron chi connectivity index (χ0n) is 48.9. The summed E-state index contributed by atoms with van der Waals surface area (Å²) in [5, 5.41) is 3.21. The zero-order chi connectivity index (χ0) is 56.7. The monoisotopic (exact) mass is 1090 g/mol. The van der Waals surface area contributed by atoms with Gasteiger partial charge in [0, 0.05) is 81.7 Å². The van der Waals surface area contributed by atoms with E-state index in [-0.39, 0.29) is 95.9 Å². The number of Topliss-reactive ketones (excluding diaryl/α,β-unsaturated/α-hetero) is 1. The molecule has 2 heterocycles. The van der Waals surface area contributed by atoms with Crippen LogP contribution in [0.4, 0.5) is 0 Å². The summed E-state index contributed by atoms with van der Waals surface area (Å²) in [6.07, 6.45) is 13.8. The van der Waals surface area contributed by atoms with E-state index in [1.807, 2.05) is 132 Å². The standard InChI is InChI=1S/C68H91N5O7/c1-7-48(4)64(75)69-63(55-26-18-11-19-27-55)68(79)73-43-39-62(80-6)60(73)46-71(41-38-51-22-14-9-15-23-51)66(77)57-34-30-53(31-35-57)52-28-32-56(33-29-52)65(76)70(40-37-50-20-12-8-13-21-50)45-59-49(5)36-42-72(59)67(78)58(44-61(74)47(2)3)54-24-16-10-17-25-54/h8-9,12-15,20-23,28-35,47-49,54-55,58-60,62-63H,7,10-11,16-19,24-27,36-46H2,1-6H3,(H,69,75)/t48-,49+,58+,59-,60-,62+,63+/m1/s1. The lowest BCUT2D eigenvalue weighted by atomic mass is 9.76. The molecule has 2 aliphatic carbocycles. The first-order chi connectivity index (χ1) is 38.7. The number of rotatable bonds is 24. The molecule has 2 saturated heterocycles. The van der Waals surface area contributed by atoms with Crippen molar-refractivity contribution in [1.29, 1.82) is 0 Å². The molecule has 2 saturated carbocycles. The van der Waals surface area contributed by atoms with Crippen LogP contribution in [0, 0.1) is 35.5 Å². The van der Waals surface area contributed by atoms with Crippen LogP contribution in [0.3, 0.4) is 0 Å². The van der Waals surface area contributed by atoms with Crippen molar-refractivity contribution in [3.8, 4) is 11.1 Å². The third kappa shape index (κ3) is 15.2. The van der Waals surface area contributed by atoms with Gasteiger partial charge >= 0.3 is 0 Å². The molecule has 1 N–H and O–H groups in total. The Labute approximate surface area is 477 Å². The Bertz CT molecular complexity index is 2650. The van der Waals surface area contributed by atoms with Gasteiger partial charge in [0.2, 0.25) is 17.7 Å². The topological polar surface area (TPSA) is 137 Å². The smallest absolute Gasteiger partial charge is 0.253 e. The summed E-state index contributed by atoms with van der Waals surface area (Å²) in [5.74, 6) is -0.367. The number of nitrogens with one attached hydrogen (secondary N) is 1. The Hall–Kier alpha value is -6.14. The largest absolute Gasteiger partial charge is 0.379 e. The lowest BCUT2D eigenvalue weighted by Gasteiger charge is -2.38. The molecule has 12 nitrogen and oxygen atoms in total. The number of amides is 5. The van der Waals surface area contributed by atoms with Crippen molar-refractivity contribution in [2.75, 3.05) is 46.4 Å². The molecule has 430 valence electrons. The second kappa shape index (κ2) is 29.0. The maximum atomic E-state index is 14.9. The van der Waals surface area contributed by atoms with Crippen molar-refractivity contribution in [2.24, 2.45) is 35.5 Å². The van der Waals surface area contributed by atoms with Gasteiger partial charge in [-0.1, -0.05) is 158 Å². The van der Waals surface area contributed by atoms with Gasteiger partial charge in [0.1, 0.15) is 11.8 Å². The van der Waals surface area contributed by atoms with Crippen LogP contribution in [0.2, 0.25) is 0 Å². The molecule has 0 unspecified atom stereocenters. The molecule has 8 rings (SSSR count). The number of ether oxygens (including phenoxy) is 1. The van der Waals surface area contributed by atoms with Gasteiger partial charge in [-0.2, -0.15) is 0 Å². The van der Waals surface area contributed by atoms with E-state index in [4.69, 9.17) is 4.74 Å². The van der Waals surface area contributed by atoms with E-state index in [0.717, 1.165) is 86.5 Å². The Kier molecular flexibility index (Phi) is 21.8. The van der Waals surface area contributed by atoms with Crippen LogP contribution in [0.5, 0.6) is 0 Å². The molecule has 4 aromatic carbocycles. The predicted octanol–water partition coefficient (Wildman–Crippen LogP) is 11.5. The lowest BCUT2D eigenvalue weighted by Crippen LogP contribution is -2.57. The summed E-state index contributed by atoms with van der Waals surface area (Å²) in [6, 6.07) is 34.4. The maximum Gasteiger partial charge on any atom is 0.253 e. The van der Waals surface area contributed by atoms with Crippen molar-refractivity contribution in [2.45, 2.75) is 162 Å². The number of likely N-dealkylation sites (tertiary alicyclic amines) is 2. The lowest BCUT2D eigenvalue weighted by molar-refractivity contribution is -0.142. The molecule has 4 aromatic rings. The number of ketones is 1. The molecule has 80 heavy (non-hydrogen) atoms. The van der Waals surface area contributed by atoms with E-state index >= 15 is 0 Å². The van der Waals surface area contributed by atoms with Gasteiger partial charge < -0.3 is 29.7 Å². The Morgan fingerprint density at radius 3 is 1.55 bits per heavy atom. The third-order valence-electron chi connectivity index (χ3n) is 18.6. The van der Waals surface area contributed by atoms with Gasteiger partial charge in [-0.3, -0.25) is 28.8 Å². The predicted molar refractivity (Wildman–Crippen MR) is 317 cm³/mol. The fourth-order valence-corrected chi connectivity index (χ4v) is 13.1. The second-order valence-electron chi connectivity index (χ2n) is 24.2. The molecule has 4 fully saturated rings. The van der Waals surface area contributed by atoms with E-state index in [1.54, 1.807) is 7.11 Å². The summed E-state index contributed by atoms with van der Waals surface area (Å²) < 4.78 is 6.07. The van der Waals surface area contributed by atoms with Crippen LogP contribution in [-0.2, 0) is 36.8 Å². The first-order valence-corrected chi connectivity index (χ1v) is 30.6. The highest BCUT2D eigenvalue weighted by Crippen LogP contribution is 2.37. The van der Waals surface area contributed by atoms with Gasteiger partial charge in [-0.15, -0.1) is 0 Å². The number of hydrogen-bond acceptors (Lipinski definition) is 7. The number of carbonyl (C=O) groups excluding carboxylic acids is 6.